The third-order valence-electron chi connectivity index (χ3n) is 2.57. The van der Waals surface area contributed by atoms with Gasteiger partial charge in [-0.25, -0.2) is 4.68 Å². The van der Waals surface area contributed by atoms with Crippen LogP contribution in [0.1, 0.15) is 5.56 Å². The van der Waals surface area contributed by atoms with Crippen molar-refractivity contribution < 1.29 is 0 Å². The van der Waals surface area contributed by atoms with Crippen LogP contribution in [-0.2, 0) is 6.54 Å². The van der Waals surface area contributed by atoms with Crippen molar-refractivity contribution in [2.24, 2.45) is 0 Å². The Hall–Kier alpha value is -1.46. The zero-order valence-corrected chi connectivity index (χ0v) is 11.9. The van der Waals surface area contributed by atoms with Gasteiger partial charge in [0.1, 0.15) is 5.69 Å². The molecule has 0 fully saturated rings. The summed E-state index contributed by atoms with van der Waals surface area (Å²) in [4.78, 5) is 1.15. The van der Waals surface area contributed by atoms with Crippen molar-refractivity contribution >= 4 is 27.3 Å². The first-order chi connectivity index (χ1) is 8.81. The van der Waals surface area contributed by atoms with E-state index in [9.17, 15) is 0 Å². The van der Waals surface area contributed by atoms with E-state index in [0.29, 0.717) is 0 Å². The van der Waals surface area contributed by atoms with Crippen LogP contribution in [0.4, 0.5) is 0 Å². The van der Waals surface area contributed by atoms with Crippen molar-refractivity contribution in [1.29, 1.82) is 0 Å². The molecular formula is C13H10BrN3S. The van der Waals surface area contributed by atoms with Crippen molar-refractivity contribution in [1.82, 2.24) is 15.0 Å². The highest BCUT2D eigenvalue weighted by Crippen LogP contribution is 2.21. The van der Waals surface area contributed by atoms with Crippen molar-refractivity contribution in [2.75, 3.05) is 0 Å². The van der Waals surface area contributed by atoms with Crippen LogP contribution < -0.4 is 0 Å². The zero-order chi connectivity index (χ0) is 12.4. The molecule has 3 rings (SSSR count). The summed E-state index contributed by atoms with van der Waals surface area (Å²) in [6.07, 6.45) is 1.98. The molecule has 0 aliphatic heterocycles. The van der Waals surface area contributed by atoms with Crippen molar-refractivity contribution in [3.63, 3.8) is 0 Å². The first kappa shape index (κ1) is 11.6. The topological polar surface area (TPSA) is 30.7 Å². The van der Waals surface area contributed by atoms with Gasteiger partial charge >= 0.3 is 0 Å². The van der Waals surface area contributed by atoms with Gasteiger partial charge < -0.3 is 0 Å². The second kappa shape index (κ2) is 5.04. The lowest BCUT2D eigenvalue weighted by atomic mass is 10.2. The maximum absolute atomic E-state index is 4.19. The minimum Gasteiger partial charge on any atom is -0.247 e. The van der Waals surface area contributed by atoms with Gasteiger partial charge in [0.15, 0.2) is 0 Å². The average molecular weight is 320 g/mol. The highest BCUT2D eigenvalue weighted by atomic mass is 79.9. The maximum atomic E-state index is 4.19. The second-order valence-electron chi connectivity index (χ2n) is 3.91. The van der Waals surface area contributed by atoms with Gasteiger partial charge in [0, 0.05) is 4.47 Å². The Morgan fingerprint density at radius 2 is 2.00 bits per heavy atom. The largest absolute Gasteiger partial charge is 0.247 e. The highest BCUT2D eigenvalue weighted by molar-refractivity contribution is 9.10. The lowest BCUT2D eigenvalue weighted by Crippen LogP contribution is -1.99. The predicted octanol–water partition coefficient (Wildman–Crippen LogP) is 3.82. The third kappa shape index (κ3) is 2.52. The molecule has 0 unspecified atom stereocenters. The summed E-state index contributed by atoms with van der Waals surface area (Å²) < 4.78 is 2.95. The summed E-state index contributed by atoms with van der Waals surface area (Å²) in [6, 6.07) is 12.3. The summed E-state index contributed by atoms with van der Waals surface area (Å²) in [5.74, 6) is 0. The summed E-state index contributed by atoms with van der Waals surface area (Å²) in [5, 5.41) is 10.4. The zero-order valence-electron chi connectivity index (χ0n) is 9.45. The normalized spacial score (nSPS) is 10.7. The van der Waals surface area contributed by atoms with Crippen molar-refractivity contribution in [2.45, 2.75) is 6.54 Å². The number of benzene rings is 1. The van der Waals surface area contributed by atoms with E-state index in [1.807, 2.05) is 34.5 Å². The SMILES string of the molecule is Brc1ccc(Cn2cc(-c3cccs3)nn2)cc1. The molecule has 0 saturated carbocycles. The Morgan fingerprint density at radius 1 is 1.17 bits per heavy atom. The number of thiophene rings is 1. The molecule has 5 heteroatoms. The number of rotatable bonds is 3. The first-order valence-corrected chi connectivity index (χ1v) is 7.17. The van der Waals surface area contributed by atoms with E-state index < -0.39 is 0 Å². The van der Waals surface area contributed by atoms with Crippen LogP contribution >= 0.6 is 27.3 Å². The minimum absolute atomic E-state index is 0.742. The van der Waals surface area contributed by atoms with Gasteiger partial charge in [-0.3, -0.25) is 0 Å². The molecule has 0 amide bonds. The number of hydrogen-bond donors (Lipinski definition) is 0. The minimum atomic E-state index is 0.742. The molecular weight excluding hydrogens is 310 g/mol. The molecule has 0 N–H and O–H groups in total. The molecule has 3 aromatic rings. The number of hydrogen-bond acceptors (Lipinski definition) is 3. The van der Waals surface area contributed by atoms with Gasteiger partial charge in [-0.1, -0.05) is 39.3 Å². The van der Waals surface area contributed by atoms with E-state index in [-0.39, 0.29) is 0 Å². The summed E-state index contributed by atoms with van der Waals surface area (Å²) in [7, 11) is 0. The lowest BCUT2D eigenvalue weighted by Gasteiger charge is -2.00. The van der Waals surface area contributed by atoms with Crippen molar-refractivity contribution in [3.05, 3.63) is 58.0 Å². The molecule has 0 atom stereocenters. The Morgan fingerprint density at radius 3 is 2.72 bits per heavy atom. The van der Waals surface area contributed by atoms with Crippen LogP contribution in [-0.4, -0.2) is 15.0 Å². The van der Waals surface area contributed by atoms with E-state index in [1.54, 1.807) is 11.3 Å². The quantitative estimate of drug-likeness (QED) is 0.734. The Kier molecular flexibility index (Phi) is 3.25. The molecule has 2 heterocycles. The molecule has 3 nitrogen and oxygen atoms in total. The molecule has 0 aliphatic rings. The van der Waals surface area contributed by atoms with E-state index in [4.69, 9.17) is 0 Å². The smallest absolute Gasteiger partial charge is 0.122 e. The standard InChI is InChI=1S/C13H10BrN3S/c14-11-5-3-10(4-6-11)8-17-9-12(15-16-17)13-2-1-7-18-13/h1-7,9H,8H2. The summed E-state index contributed by atoms with van der Waals surface area (Å²) in [5.41, 5.74) is 2.14. The van der Waals surface area contributed by atoms with Crippen LogP contribution in [0.5, 0.6) is 0 Å². The van der Waals surface area contributed by atoms with Gasteiger partial charge in [0.2, 0.25) is 0 Å². The molecule has 90 valence electrons. The third-order valence-corrected chi connectivity index (χ3v) is 3.99. The highest BCUT2D eigenvalue weighted by Gasteiger charge is 2.04. The number of aromatic nitrogens is 3. The Labute approximate surface area is 117 Å². The van der Waals surface area contributed by atoms with Crippen LogP contribution in [0.15, 0.2) is 52.4 Å². The van der Waals surface area contributed by atoms with Crippen LogP contribution in [0.2, 0.25) is 0 Å². The predicted molar refractivity (Wildman–Crippen MR) is 76.6 cm³/mol. The van der Waals surface area contributed by atoms with E-state index in [1.165, 1.54) is 5.56 Å². The molecule has 0 radical (unpaired) electrons. The number of nitrogens with zero attached hydrogens (tertiary/aromatic N) is 3. The Balaban J connectivity index is 1.80. The summed E-state index contributed by atoms with van der Waals surface area (Å²) in [6.45, 7) is 0.742. The number of halogens is 1. The summed E-state index contributed by atoms with van der Waals surface area (Å²) >= 11 is 5.10. The lowest BCUT2D eigenvalue weighted by molar-refractivity contribution is 0.650. The molecule has 0 saturated heterocycles. The van der Waals surface area contributed by atoms with Crippen LogP contribution in [0, 0.1) is 0 Å². The van der Waals surface area contributed by atoms with E-state index in [2.05, 4.69) is 44.4 Å². The Bertz CT molecular complexity index is 629. The molecule has 18 heavy (non-hydrogen) atoms. The fourth-order valence-electron chi connectivity index (χ4n) is 1.69. The molecule has 0 aliphatic carbocycles. The first-order valence-electron chi connectivity index (χ1n) is 5.50. The average Bonchev–Trinajstić information content (AvgIpc) is 3.02. The maximum Gasteiger partial charge on any atom is 0.122 e. The van der Waals surface area contributed by atoms with E-state index >= 15 is 0 Å². The van der Waals surface area contributed by atoms with Gasteiger partial charge in [-0.2, -0.15) is 0 Å². The van der Waals surface area contributed by atoms with Gasteiger partial charge in [0.25, 0.3) is 0 Å². The van der Waals surface area contributed by atoms with E-state index in [0.717, 1.165) is 21.6 Å². The monoisotopic (exact) mass is 319 g/mol. The van der Waals surface area contributed by atoms with Crippen LogP contribution in [0.25, 0.3) is 10.6 Å². The van der Waals surface area contributed by atoms with Gasteiger partial charge in [-0.05, 0) is 29.1 Å². The van der Waals surface area contributed by atoms with Crippen LogP contribution in [0.3, 0.4) is 0 Å². The molecule has 2 aromatic heterocycles. The van der Waals surface area contributed by atoms with Crippen molar-refractivity contribution in [3.8, 4) is 10.6 Å². The fraction of sp³-hybridized carbons (Fsp3) is 0.0769. The fourth-order valence-corrected chi connectivity index (χ4v) is 2.63. The molecule has 0 bridgehead atoms. The van der Waals surface area contributed by atoms with Gasteiger partial charge in [-0.15, -0.1) is 16.4 Å². The van der Waals surface area contributed by atoms with Gasteiger partial charge in [0.05, 0.1) is 17.6 Å². The molecule has 1 aromatic carbocycles. The second-order valence-corrected chi connectivity index (χ2v) is 5.77. The molecule has 0 spiro atoms.